The summed E-state index contributed by atoms with van der Waals surface area (Å²) in [6.07, 6.45) is 6.20. The molecule has 5 nitrogen and oxygen atoms in total. The number of imidazole rings is 1. The molecule has 0 fully saturated rings. The quantitative estimate of drug-likeness (QED) is 0.785. The Hall–Kier alpha value is -2.40. The lowest BCUT2D eigenvalue weighted by atomic mass is 10.1. The summed E-state index contributed by atoms with van der Waals surface area (Å²) >= 11 is 0. The monoisotopic (exact) mass is 268 g/mol. The molecular weight excluding hydrogens is 252 g/mol. The van der Waals surface area contributed by atoms with Crippen LogP contribution in [0.15, 0.2) is 42.9 Å². The number of benzene rings is 1. The van der Waals surface area contributed by atoms with Crippen molar-refractivity contribution in [2.75, 3.05) is 13.7 Å². The highest BCUT2D eigenvalue weighted by atomic mass is 16.5. The first-order chi connectivity index (χ1) is 9.83. The van der Waals surface area contributed by atoms with E-state index in [-0.39, 0.29) is 0 Å². The van der Waals surface area contributed by atoms with Gasteiger partial charge >= 0.3 is 0 Å². The average Bonchev–Trinajstić information content (AvgIpc) is 2.94. The molecule has 2 heterocycles. The molecule has 0 bridgehead atoms. The van der Waals surface area contributed by atoms with Crippen LogP contribution in [0.3, 0.4) is 0 Å². The fourth-order valence-corrected chi connectivity index (χ4v) is 2.29. The van der Waals surface area contributed by atoms with Crippen molar-refractivity contribution >= 4 is 10.8 Å². The summed E-state index contributed by atoms with van der Waals surface area (Å²) in [6.45, 7) is 0.561. The number of nitrogens with two attached hydrogens (primary N) is 1. The third-order valence-electron chi connectivity index (χ3n) is 3.27. The largest absolute Gasteiger partial charge is 0.497 e. The Morgan fingerprint density at radius 1 is 1.20 bits per heavy atom. The third-order valence-corrected chi connectivity index (χ3v) is 3.27. The number of hydrogen-bond donors (Lipinski definition) is 1. The number of ether oxygens (including phenoxy) is 1. The van der Waals surface area contributed by atoms with E-state index in [0.29, 0.717) is 6.54 Å². The van der Waals surface area contributed by atoms with Crippen LogP contribution in [0, 0.1) is 0 Å². The number of nitrogens with zero attached hydrogens (tertiary/aromatic N) is 3. The van der Waals surface area contributed by atoms with Crippen LogP contribution in [-0.4, -0.2) is 28.2 Å². The smallest absolute Gasteiger partial charge is 0.146 e. The number of fused-ring (bicyclic) bond motifs is 1. The number of hydrogen-bond acceptors (Lipinski definition) is 4. The van der Waals surface area contributed by atoms with Crippen molar-refractivity contribution in [3.8, 4) is 11.6 Å². The lowest BCUT2D eigenvalue weighted by Gasteiger charge is -2.10. The Labute approximate surface area is 117 Å². The fraction of sp³-hybridized carbons (Fsp3) is 0.200. The van der Waals surface area contributed by atoms with E-state index in [9.17, 15) is 0 Å². The van der Waals surface area contributed by atoms with Gasteiger partial charge in [0.1, 0.15) is 17.4 Å². The van der Waals surface area contributed by atoms with Crippen LogP contribution in [0.25, 0.3) is 16.6 Å². The molecule has 5 heteroatoms. The minimum absolute atomic E-state index is 0.561. The van der Waals surface area contributed by atoms with Gasteiger partial charge in [0.2, 0.25) is 0 Å². The lowest BCUT2D eigenvalue weighted by molar-refractivity contribution is 0.415. The molecule has 0 aliphatic rings. The molecule has 0 saturated carbocycles. The third kappa shape index (κ3) is 2.12. The Morgan fingerprint density at radius 2 is 2.10 bits per heavy atom. The molecule has 3 rings (SSSR count). The molecule has 0 aliphatic carbocycles. The van der Waals surface area contributed by atoms with Gasteiger partial charge in [0.15, 0.2) is 0 Å². The van der Waals surface area contributed by atoms with E-state index < -0.39 is 0 Å². The van der Waals surface area contributed by atoms with Gasteiger partial charge in [-0.1, -0.05) is 6.07 Å². The second-order valence-electron chi connectivity index (χ2n) is 4.47. The predicted octanol–water partition coefficient (Wildman–Crippen LogP) is 1.93. The van der Waals surface area contributed by atoms with E-state index in [1.807, 2.05) is 35.0 Å². The summed E-state index contributed by atoms with van der Waals surface area (Å²) in [7, 11) is 1.66. The highest BCUT2D eigenvalue weighted by Gasteiger charge is 2.10. The summed E-state index contributed by atoms with van der Waals surface area (Å²) in [4.78, 5) is 8.84. The van der Waals surface area contributed by atoms with E-state index >= 15 is 0 Å². The second kappa shape index (κ2) is 5.30. The summed E-state index contributed by atoms with van der Waals surface area (Å²) in [5, 5.41) is 2.14. The number of rotatable bonds is 4. The molecule has 1 aromatic carbocycles. The van der Waals surface area contributed by atoms with Crippen LogP contribution in [0.5, 0.6) is 5.75 Å². The van der Waals surface area contributed by atoms with Crippen molar-refractivity contribution in [2.45, 2.75) is 6.42 Å². The van der Waals surface area contributed by atoms with Crippen molar-refractivity contribution < 1.29 is 4.74 Å². The maximum atomic E-state index is 5.63. The van der Waals surface area contributed by atoms with Gasteiger partial charge in [0.25, 0.3) is 0 Å². The van der Waals surface area contributed by atoms with Crippen molar-refractivity contribution in [1.82, 2.24) is 14.5 Å². The first kappa shape index (κ1) is 12.6. The van der Waals surface area contributed by atoms with Gasteiger partial charge in [-0.05, 0) is 30.1 Å². The highest BCUT2D eigenvalue weighted by molar-refractivity contribution is 5.89. The van der Waals surface area contributed by atoms with Crippen LogP contribution in [-0.2, 0) is 6.42 Å². The molecule has 20 heavy (non-hydrogen) atoms. The molecule has 0 aliphatic heterocycles. The first-order valence-electron chi connectivity index (χ1n) is 6.49. The molecule has 0 amide bonds. The zero-order valence-electron chi connectivity index (χ0n) is 11.3. The van der Waals surface area contributed by atoms with Gasteiger partial charge in [-0.3, -0.25) is 4.57 Å². The molecule has 0 radical (unpaired) electrons. The molecule has 0 unspecified atom stereocenters. The van der Waals surface area contributed by atoms with Crippen LogP contribution >= 0.6 is 0 Å². The van der Waals surface area contributed by atoms with E-state index in [4.69, 9.17) is 10.5 Å². The van der Waals surface area contributed by atoms with Crippen LogP contribution < -0.4 is 10.5 Å². The van der Waals surface area contributed by atoms with Crippen molar-refractivity contribution in [2.24, 2.45) is 5.73 Å². The minimum Gasteiger partial charge on any atom is -0.497 e. The Kier molecular flexibility index (Phi) is 3.35. The molecule has 0 saturated heterocycles. The van der Waals surface area contributed by atoms with Gasteiger partial charge in [0, 0.05) is 30.4 Å². The second-order valence-corrected chi connectivity index (χ2v) is 4.47. The first-order valence-corrected chi connectivity index (χ1v) is 6.49. The zero-order chi connectivity index (χ0) is 13.9. The molecule has 0 atom stereocenters. The Balaban J connectivity index is 2.22. The van der Waals surface area contributed by atoms with E-state index in [1.54, 1.807) is 19.5 Å². The molecule has 2 aromatic heterocycles. The number of aromatic nitrogens is 3. The molecule has 0 spiro atoms. The number of methoxy groups -OCH3 is 1. The fourth-order valence-electron chi connectivity index (χ4n) is 2.29. The molecule has 3 aromatic rings. The van der Waals surface area contributed by atoms with Gasteiger partial charge in [-0.15, -0.1) is 0 Å². The topological polar surface area (TPSA) is 66.0 Å². The standard InChI is InChI=1S/C15H16N4O/c1-20-12-3-2-11-5-7-18-15(13(11)10-12)19-9-8-17-14(19)4-6-16/h2-3,5,7-10H,4,6,16H2,1H3. The maximum Gasteiger partial charge on any atom is 0.146 e. The number of pyridine rings is 1. The maximum absolute atomic E-state index is 5.63. The predicted molar refractivity (Wildman–Crippen MR) is 78.2 cm³/mol. The summed E-state index contributed by atoms with van der Waals surface area (Å²) in [5.41, 5.74) is 5.63. The van der Waals surface area contributed by atoms with Gasteiger partial charge < -0.3 is 10.5 Å². The van der Waals surface area contributed by atoms with Gasteiger partial charge in [-0.25, -0.2) is 9.97 Å². The zero-order valence-corrected chi connectivity index (χ0v) is 11.3. The summed E-state index contributed by atoms with van der Waals surface area (Å²) in [5.74, 6) is 2.57. The van der Waals surface area contributed by atoms with E-state index in [2.05, 4.69) is 9.97 Å². The lowest BCUT2D eigenvalue weighted by Crippen LogP contribution is -2.09. The van der Waals surface area contributed by atoms with Gasteiger partial charge in [-0.2, -0.15) is 0 Å². The van der Waals surface area contributed by atoms with E-state index in [0.717, 1.165) is 34.6 Å². The van der Waals surface area contributed by atoms with Crippen LogP contribution in [0.1, 0.15) is 5.82 Å². The Morgan fingerprint density at radius 3 is 2.90 bits per heavy atom. The normalized spacial score (nSPS) is 10.9. The highest BCUT2D eigenvalue weighted by Crippen LogP contribution is 2.25. The summed E-state index contributed by atoms with van der Waals surface area (Å²) in [6, 6.07) is 7.95. The van der Waals surface area contributed by atoms with E-state index in [1.165, 1.54) is 0 Å². The average molecular weight is 268 g/mol. The summed E-state index contributed by atoms with van der Waals surface area (Å²) < 4.78 is 7.28. The van der Waals surface area contributed by atoms with Crippen LogP contribution in [0.2, 0.25) is 0 Å². The van der Waals surface area contributed by atoms with Crippen LogP contribution in [0.4, 0.5) is 0 Å². The minimum atomic E-state index is 0.561. The van der Waals surface area contributed by atoms with Crippen molar-refractivity contribution in [3.63, 3.8) is 0 Å². The Bertz CT molecular complexity index is 736. The van der Waals surface area contributed by atoms with Crippen molar-refractivity contribution in [1.29, 1.82) is 0 Å². The SMILES string of the molecule is COc1ccc2ccnc(-n3ccnc3CCN)c2c1. The molecule has 2 N–H and O–H groups in total. The van der Waals surface area contributed by atoms with Gasteiger partial charge in [0.05, 0.1) is 7.11 Å². The molecular formula is C15H16N4O. The van der Waals surface area contributed by atoms with Crippen molar-refractivity contribution in [3.05, 3.63) is 48.7 Å². The molecule has 102 valence electrons.